The van der Waals surface area contributed by atoms with Crippen LogP contribution < -0.4 is 17.0 Å². The molecular formula is C9H8N6O4. The number of nitrogens with two attached hydrogens (primary N) is 1. The van der Waals surface area contributed by atoms with Crippen LogP contribution in [-0.4, -0.2) is 25.6 Å². The fourth-order valence-corrected chi connectivity index (χ4v) is 1.39. The lowest BCUT2D eigenvalue weighted by atomic mass is 10.3. The summed E-state index contributed by atoms with van der Waals surface area (Å²) in [6, 6.07) is 5.12. The van der Waals surface area contributed by atoms with Gasteiger partial charge in [-0.3, -0.25) is 25.3 Å². The Kier molecular flexibility index (Phi) is 3.08. The molecule has 0 saturated carbocycles. The molecule has 0 saturated heterocycles. The van der Waals surface area contributed by atoms with E-state index in [1.807, 2.05) is 5.43 Å². The molecule has 2 rings (SSSR count). The highest BCUT2D eigenvalue weighted by Gasteiger charge is 2.13. The number of nitrogens with zero attached hydrogens (tertiary/aromatic N) is 3. The van der Waals surface area contributed by atoms with Crippen molar-refractivity contribution in [3.63, 3.8) is 0 Å². The van der Waals surface area contributed by atoms with Gasteiger partial charge in [0, 0.05) is 12.1 Å². The first kappa shape index (κ1) is 12.4. The zero-order valence-corrected chi connectivity index (χ0v) is 9.36. The number of amides is 1. The smallest absolute Gasteiger partial charge is 0.287 e. The second-order valence-corrected chi connectivity index (χ2v) is 3.44. The summed E-state index contributed by atoms with van der Waals surface area (Å²) in [5.74, 6) is 3.90. The molecule has 0 unspecified atom stereocenters. The third-order valence-corrected chi connectivity index (χ3v) is 2.27. The number of nitro benzene ring substituents is 1. The number of carbonyl (C=O) groups is 1. The van der Waals surface area contributed by atoms with Crippen molar-refractivity contribution >= 4 is 11.6 Å². The van der Waals surface area contributed by atoms with E-state index in [2.05, 4.69) is 10.1 Å². The standard InChI is InChI=1S/C9H8N6O4/c10-12-8(16)7-11-9(17)14(13-7)5-1-3-6(4-2-5)15(18)19/h1-4H,10H2,(H,12,16)(H,11,13,17). The van der Waals surface area contributed by atoms with Gasteiger partial charge in [0.2, 0.25) is 5.82 Å². The normalized spacial score (nSPS) is 10.2. The van der Waals surface area contributed by atoms with Gasteiger partial charge in [0.1, 0.15) is 0 Å². The molecule has 1 aromatic heterocycles. The third-order valence-electron chi connectivity index (χ3n) is 2.27. The number of aromatic amines is 1. The molecule has 19 heavy (non-hydrogen) atoms. The number of rotatable bonds is 3. The monoisotopic (exact) mass is 264 g/mol. The molecule has 0 aliphatic heterocycles. The molecule has 0 bridgehead atoms. The number of carbonyl (C=O) groups excluding carboxylic acids is 1. The van der Waals surface area contributed by atoms with Crippen molar-refractivity contribution in [1.29, 1.82) is 0 Å². The van der Waals surface area contributed by atoms with Crippen molar-refractivity contribution in [1.82, 2.24) is 20.2 Å². The summed E-state index contributed by atoms with van der Waals surface area (Å²) in [6.45, 7) is 0. The second-order valence-electron chi connectivity index (χ2n) is 3.44. The summed E-state index contributed by atoms with van der Waals surface area (Å²) in [6.07, 6.45) is 0. The van der Waals surface area contributed by atoms with Crippen LogP contribution in [0.2, 0.25) is 0 Å². The number of nitrogen functional groups attached to an aromatic ring is 1. The van der Waals surface area contributed by atoms with Gasteiger partial charge in [0.05, 0.1) is 10.6 Å². The van der Waals surface area contributed by atoms with Gasteiger partial charge in [-0.05, 0) is 12.1 Å². The van der Waals surface area contributed by atoms with Gasteiger partial charge in [0.25, 0.3) is 5.69 Å². The summed E-state index contributed by atoms with van der Waals surface area (Å²) in [5.41, 5.74) is 1.33. The Hall–Kier alpha value is -3.01. The zero-order chi connectivity index (χ0) is 14.0. The van der Waals surface area contributed by atoms with Crippen LogP contribution in [0.4, 0.5) is 5.69 Å². The second kappa shape index (κ2) is 4.70. The Morgan fingerprint density at radius 2 is 2.05 bits per heavy atom. The maximum Gasteiger partial charge on any atom is 0.348 e. The fraction of sp³-hybridized carbons (Fsp3) is 0. The van der Waals surface area contributed by atoms with E-state index in [1.165, 1.54) is 24.3 Å². The molecule has 0 spiro atoms. The number of benzene rings is 1. The summed E-state index contributed by atoms with van der Waals surface area (Å²) in [4.78, 5) is 34.9. The third kappa shape index (κ3) is 2.32. The van der Waals surface area contributed by atoms with Crippen LogP contribution in [0, 0.1) is 10.1 Å². The molecule has 10 heteroatoms. The van der Waals surface area contributed by atoms with Crippen LogP contribution >= 0.6 is 0 Å². The van der Waals surface area contributed by atoms with Crippen molar-refractivity contribution < 1.29 is 9.72 Å². The molecule has 1 heterocycles. The largest absolute Gasteiger partial charge is 0.348 e. The Balaban J connectivity index is 2.42. The first-order valence-corrected chi connectivity index (χ1v) is 4.98. The van der Waals surface area contributed by atoms with Crippen LogP contribution in [0.15, 0.2) is 29.1 Å². The van der Waals surface area contributed by atoms with Gasteiger partial charge in [-0.25, -0.2) is 10.6 Å². The van der Waals surface area contributed by atoms with Crippen LogP contribution in [0.5, 0.6) is 0 Å². The molecular weight excluding hydrogens is 256 g/mol. The lowest BCUT2D eigenvalue weighted by molar-refractivity contribution is -0.384. The number of hydrogen-bond donors (Lipinski definition) is 3. The highest BCUT2D eigenvalue weighted by molar-refractivity contribution is 5.89. The lowest BCUT2D eigenvalue weighted by Gasteiger charge is -1.98. The van der Waals surface area contributed by atoms with Crippen molar-refractivity contribution in [2.45, 2.75) is 0 Å². The number of non-ortho nitro benzene ring substituents is 1. The number of H-pyrrole nitrogens is 1. The van der Waals surface area contributed by atoms with E-state index in [-0.39, 0.29) is 17.2 Å². The van der Waals surface area contributed by atoms with Crippen LogP contribution in [0.3, 0.4) is 0 Å². The van der Waals surface area contributed by atoms with Gasteiger partial charge < -0.3 is 0 Å². The average Bonchev–Trinajstić information content (AvgIpc) is 2.80. The molecule has 4 N–H and O–H groups in total. The van der Waals surface area contributed by atoms with E-state index in [4.69, 9.17) is 5.84 Å². The number of nitrogens with one attached hydrogen (secondary N) is 2. The predicted molar refractivity (Wildman–Crippen MR) is 62.5 cm³/mol. The Morgan fingerprint density at radius 3 is 2.58 bits per heavy atom. The number of aromatic nitrogens is 3. The predicted octanol–water partition coefficient (Wildman–Crippen LogP) is -0.928. The quantitative estimate of drug-likeness (QED) is 0.282. The van der Waals surface area contributed by atoms with Gasteiger partial charge in [-0.2, -0.15) is 4.68 Å². The molecule has 0 radical (unpaired) electrons. The Morgan fingerprint density at radius 1 is 1.42 bits per heavy atom. The van der Waals surface area contributed by atoms with E-state index < -0.39 is 16.5 Å². The highest BCUT2D eigenvalue weighted by Crippen LogP contribution is 2.13. The minimum Gasteiger partial charge on any atom is -0.287 e. The lowest BCUT2D eigenvalue weighted by Crippen LogP contribution is -2.31. The molecule has 10 nitrogen and oxygen atoms in total. The molecule has 0 aliphatic carbocycles. The van der Waals surface area contributed by atoms with Crippen molar-refractivity contribution in [3.8, 4) is 5.69 Å². The number of hydrogen-bond acceptors (Lipinski definition) is 6. The fourth-order valence-electron chi connectivity index (χ4n) is 1.39. The van der Waals surface area contributed by atoms with Crippen LogP contribution in [0.1, 0.15) is 10.6 Å². The first-order valence-electron chi connectivity index (χ1n) is 4.98. The van der Waals surface area contributed by atoms with Crippen molar-refractivity contribution in [2.24, 2.45) is 5.84 Å². The SMILES string of the molecule is NNC(=O)c1nn(-c2ccc([N+](=O)[O-])cc2)c(=O)[nH]1. The summed E-state index contributed by atoms with van der Waals surface area (Å²) in [5, 5.41) is 14.2. The van der Waals surface area contributed by atoms with Crippen molar-refractivity contribution in [3.05, 3.63) is 50.7 Å². The summed E-state index contributed by atoms with van der Waals surface area (Å²) >= 11 is 0. The van der Waals surface area contributed by atoms with E-state index in [0.717, 1.165) is 4.68 Å². The first-order chi connectivity index (χ1) is 9.02. The Bertz CT molecular complexity index is 685. The van der Waals surface area contributed by atoms with E-state index in [9.17, 15) is 19.7 Å². The zero-order valence-electron chi connectivity index (χ0n) is 9.36. The molecule has 98 valence electrons. The van der Waals surface area contributed by atoms with Gasteiger partial charge in [-0.15, -0.1) is 5.10 Å². The van der Waals surface area contributed by atoms with E-state index in [1.54, 1.807) is 0 Å². The molecule has 2 aromatic rings. The number of hydrazine groups is 1. The highest BCUT2D eigenvalue weighted by atomic mass is 16.6. The van der Waals surface area contributed by atoms with Gasteiger partial charge in [0.15, 0.2) is 0 Å². The molecule has 0 atom stereocenters. The van der Waals surface area contributed by atoms with Crippen molar-refractivity contribution in [2.75, 3.05) is 0 Å². The molecule has 1 aromatic carbocycles. The van der Waals surface area contributed by atoms with Gasteiger partial charge >= 0.3 is 11.6 Å². The molecule has 0 aliphatic rings. The Labute approximate surface area is 105 Å². The summed E-state index contributed by atoms with van der Waals surface area (Å²) in [7, 11) is 0. The van der Waals surface area contributed by atoms with Crippen LogP contribution in [0.25, 0.3) is 5.69 Å². The maximum absolute atomic E-state index is 11.6. The molecule has 0 fully saturated rings. The van der Waals surface area contributed by atoms with E-state index >= 15 is 0 Å². The van der Waals surface area contributed by atoms with Crippen LogP contribution in [-0.2, 0) is 0 Å². The van der Waals surface area contributed by atoms with Gasteiger partial charge in [-0.1, -0.05) is 0 Å². The molecule has 1 amide bonds. The summed E-state index contributed by atoms with van der Waals surface area (Å²) < 4.78 is 0.897. The van der Waals surface area contributed by atoms with E-state index in [0.29, 0.717) is 0 Å². The minimum absolute atomic E-state index is 0.118. The average molecular weight is 264 g/mol. The maximum atomic E-state index is 11.6. The number of nitro groups is 1. The minimum atomic E-state index is -0.752. The topological polar surface area (TPSA) is 149 Å².